The number of esters is 1. The first-order valence-corrected chi connectivity index (χ1v) is 165. The van der Waals surface area contributed by atoms with Gasteiger partial charge in [0.2, 0.25) is 11.5 Å². The molecule has 7 rings (SSSR count). The van der Waals surface area contributed by atoms with Gasteiger partial charge in [0.05, 0.1) is 24.7 Å². The van der Waals surface area contributed by atoms with E-state index in [1.54, 1.807) is 30.5 Å². The average Bonchev–Trinajstić information content (AvgIpc) is 4.35. The summed E-state index contributed by atoms with van der Waals surface area (Å²) in [6, 6.07) is 11.5. The van der Waals surface area contributed by atoms with Crippen LogP contribution in [0.1, 0.15) is 54.7 Å². The van der Waals surface area contributed by atoms with Gasteiger partial charge in [0, 0.05) is 69.2 Å². The zero-order chi connectivity index (χ0) is 58.8. The van der Waals surface area contributed by atoms with Crippen LogP contribution in [0.15, 0.2) is 75.6 Å². The van der Waals surface area contributed by atoms with Gasteiger partial charge in [-0.05, 0) is 74.1 Å². The van der Waals surface area contributed by atoms with Crippen LogP contribution in [0.2, 0.25) is 0 Å². The Hall–Kier alpha value is 12.4. The van der Waals surface area contributed by atoms with Crippen molar-refractivity contribution in [2.45, 2.75) is 38.5 Å². The number of aliphatic hydroxyl groups is 1. The molecule has 0 atom stereocenters. The number of ether oxygens (including phenoxy) is 1. The quantitative estimate of drug-likeness (QED) is 0.0205. The molecule has 0 bridgehead atoms. The van der Waals surface area contributed by atoms with Gasteiger partial charge in [0.15, 0.2) is 17.5 Å². The van der Waals surface area contributed by atoms with E-state index in [-0.39, 0.29) is 39.8 Å². The predicted octanol–water partition coefficient (Wildman–Crippen LogP) is 30.6. The van der Waals surface area contributed by atoms with E-state index in [2.05, 4.69) is 299 Å². The Labute approximate surface area is 627 Å². The minimum absolute atomic E-state index is 0. The number of aliphatic hydroxyl groups excluding tert-OH is 1. The fourth-order valence-corrected chi connectivity index (χ4v) is 3780. The van der Waals surface area contributed by atoms with Gasteiger partial charge in [-0.1, -0.05) is 31.9 Å². The molecule has 0 spiro atoms. The minimum Gasteiger partial charge on any atom is -0.369 e. The monoisotopic (exact) mass is 3940 g/mol. The maximum absolute atomic E-state index is 14.2. The van der Waals surface area contributed by atoms with Crippen molar-refractivity contribution < 1.29 is 56.0 Å². The van der Waals surface area contributed by atoms with E-state index in [0.717, 1.165) is 44.6 Å². The zero-order valence-electron chi connectivity index (χ0n) is 37.2. The molecule has 3 heterocycles. The number of H-pyrrole nitrogens is 1. The summed E-state index contributed by atoms with van der Waals surface area (Å²) in [6.45, 7) is 1.49. The summed E-state index contributed by atoms with van der Waals surface area (Å²) in [7, 11) is -3.61. The molecule has 0 aliphatic heterocycles. The zero-order valence-corrected chi connectivity index (χ0v) is 92.2. The van der Waals surface area contributed by atoms with E-state index < -0.39 is 98.6 Å². The van der Waals surface area contributed by atoms with Crippen LogP contribution < -0.4 is 5.73 Å². The summed E-state index contributed by atoms with van der Waals surface area (Å²) >= 11 is 46.5. The first kappa shape index (κ1) is 88.4. The van der Waals surface area contributed by atoms with Crippen LogP contribution in [0.3, 0.4) is 0 Å². The number of aromatic nitrogens is 5. The number of carbonyl (C=O) groups excluding carboxylic acids is 3. The van der Waals surface area contributed by atoms with E-state index >= 15 is 0 Å². The van der Waals surface area contributed by atoms with E-state index in [1.807, 2.05) is 10.5 Å². The Morgan fingerprint density at radius 1 is 0.718 bits per heavy atom. The maximum Gasteiger partial charge on any atom is 0.197 e. The number of aromatic amines is 1. The van der Waals surface area contributed by atoms with Crippen molar-refractivity contribution in [3.05, 3.63) is 98.7 Å². The largest absolute Gasteiger partial charge is 0.369 e. The number of nitrogens with zero attached hydrogens (tertiary/aromatic N) is 4. The standard InChI is InChI=1S/C17H13BrFN3O.C9H7BrFN3.C8H10O4.2F2.FH.I24/c1-9(23)14-7-16(10-2-3-10)22-8-15(21-17(22)20-14)12-5-4-11(18)6-13(12)19;10-5-1-2-6(7(11)3-5)8-4-13-9(12)14-8;1-12-8(11)7(10)4-6(9)5-2-3-5;2*1-2;;1-14(2)16(5)18(7)20(9)22(11)24(13)23(12)21(10)19(8)17(6)15(3)4/h4-8,10H,2-3H2,1H3;1-4H,(H3,12,13,14);4-5,10H,2-3H2,1H3;;;1H;/b;;7-4-;;;;. The van der Waals surface area contributed by atoms with E-state index in [9.17, 15) is 23.2 Å². The van der Waals surface area contributed by atoms with Crippen LogP contribution in [0.4, 0.5) is 37.7 Å². The normalized spacial score (nSPS) is 14.5. The number of halogens is 33. The van der Waals surface area contributed by atoms with Crippen molar-refractivity contribution in [3.8, 4) is 22.5 Å². The summed E-state index contributed by atoms with van der Waals surface area (Å²) in [5.41, 5.74) is 8.80. The first-order valence-electron chi connectivity index (χ1n) is 18.6. The van der Waals surface area contributed by atoms with Crippen LogP contribution in [0.5, 0.6) is 0 Å². The molecule has 4 N–H and O–H groups in total. The van der Waals surface area contributed by atoms with Crippen molar-refractivity contribution in [2.24, 2.45) is 5.92 Å². The molecule has 0 unspecified atom stereocenters. The number of methoxy groups -OCH3 is 1. The molecule has 2 aliphatic rings. The number of Topliss-reactive ketones (excluding diaryl/α,β-unsaturated/α-hetero) is 1. The Kier molecular flexibility index (Phi) is 53.7. The van der Waals surface area contributed by atoms with Crippen LogP contribution >= 0.6 is 361 Å². The SMILES string of the molecule is CC(=O)c1cc(C2CC2)n2cc(-c3ccc(Br)cc3F)nc2n1.COC(=O)/C(O)=C/C(=O)C1CC1.F.FF.FF.II(I)I(I)I(I)I(I)I(I)I(I)I(I)I(I)I(I)I(I)I(I)I.Nc1ncc(-c2ccc(Br)cc2F)[nH]1. The van der Waals surface area contributed by atoms with Crippen molar-refractivity contribution in [3.63, 3.8) is 0 Å². The number of nitrogens with two attached hydrogens (primary N) is 1. The van der Waals surface area contributed by atoms with Gasteiger partial charge in [-0.3, -0.25) is 18.7 Å². The summed E-state index contributed by atoms with van der Waals surface area (Å²) in [5, 5.41) is 8.93. The molecule has 11 nitrogen and oxygen atoms in total. The second-order valence-corrected chi connectivity index (χ2v) is 551. The number of carbonyl (C=O) groups is 3. The van der Waals surface area contributed by atoms with Crippen LogP contribution in [0.25, 0.3) is 28.3 Å². The second-order valence-electron chi connectivity index (χ2n) is 13.1. The number of hydrogen-bond acceptors (Lipinski definition) is 9. The van der Waals surface area contributed by atoms with Gasteiger partial charge >= 0.3 is 335 Å². The smallest absolute Gasteiger partial charge is 0.197 e. The number of rotatable bonds is 17. The molecule has 458 valence electrons. The number of anilines is 1. The number of benzene rings is 2. The van der Waals surface area contributed by atoms with Crippen molar-refractivity contribution in [1.82, 2.24) is 24.3 Å². The molecular formula is C34H31Br2F7I24N6O5. The number of imidazole rings is 2. The van der Waals surface area contributed by atoms with Crippen LogP contribution in [-0.4, -0.2) is 54.1 Å². The minimum atomic E-state index is -0.871. The summed E-state index contributed by atoms with van der Waals surface area (Å²) in [6.07, 6.45) is 8.12. The van der Waals surface area contributed by atoms with E-state index in [4.69, 9.17) is 29.1 Å². The third kappa shape index (κ3) is 31.1. The van der Waals surface area contributed by atoms with Crippen molar-refractivity contribution >= 4 is 390 Å². The third-order valence-corrected chi connectivity index (χ3v) is 1660. The average molecular weight is 3940 g/mol. The maximum atomic E-state index is 14.2. The van der Waals surface area contributed by atoms with Gasteiger partial charge in [0.1, 0.15) is 17.3 Å². The van der Waals surface area contributed by atoms with Gasteiger partial charge in [0.25, 0.3) is 0 Å². The van der Waals surface area contributed by atoms with E-state index in [1.165, 1.54) is 25.3 Å². The fourth-order valence-electron chi connectivity index (χ4n) is 4.93. The van der Waals surface area contributed by atoms with Gasteiger partial charge in [-0.15, -0.1) is 0 Å². The number of nitrogens with one attached hydrogen (secondary N) is 1. The molecule has 78 heavy (non-hydrogen) atoms. The number of fused-ring (bicyclic) bond motifs is 1. The van der Waals surface area contributed by atoms with Crippen molar-refractivity contribution in [2.75, 3.05) is 12.8 Å². The van der Waals surface area contributed by atoms with Gasteiger partial charge in [-0.2, -0.15) is 0 Å². The molecule has 0 radical (unpaired) electrons. The fraction of sp³-hybridized carbons (Fsp3) is 0.235. The Bertz CT molecular complexity index is 2720. The molecule has 2 saturated carbocycles. The van der Waals surface area contributed by atoms with Crippen LogP contribution in [0, 0.1) is 17.6 Å². The second kappa shape index (κ2) is 47.4. The number of hydrogen-bond donors (Lipinski definition) is 3. The molecule has 44 heteroatoms. The predicted molar refractivity (Wildman–Crippen MR) is 528 cm³/mol. The first-order chi connectivity index (χ1) is 36.2. The summed E-state index contributed by atoms with van der Waals surface area (Å²) in [4.78, 5) is 48.6. The number of allylic oxidation sites excluding steroid dienone is 1. The molecule has 2 aromatic carbocycles. The molecule has 0 amide bonds. The summed E-state index contributed by atoms with van der Waals surface area (Å²) in [5.74, 6) is -1.28. The third-order valence-electron chi connectivity index (χ3n) is 8.32. The Morgan fingerprint density at radius 2 is 1.15 bits per heavy atom. The van der Waals surface area contributed by atoms with Gasteiger partial charge in [-0.25, -0.2) is 28.5 Å². The van der Waals surface area contributed by atoms with E-state index in [0.29, 0.717) is 48.8 Å². The summed E-state index contributed by atoms with van der Waals surface area (Å²) < 4.78 is 67.1. The number of nitrogen functional groups attached to an aromatic ring is 1. The molecule has 5 aromatic rings. The molecule has 0 saturated heterocycles. The Morgan fingerprint density at radius 3 is 1.51 bits per heavy atom. The topological polar surface area (TPSA) is 166 Å². The van der Waals surface area contributed by atoms with Gasteiger partial charge < -0.3 is 20.6 Å². The van der Waals surface area contributed by atoms with Crippen molar-refractivity contribution in [1.29, 1.82) is 0 Å². The molecular weight excluding hydrogens is 3910 g/mol. The Balaban J connectivity index is 0.000000523. The number of ketones is 2. The molecule has 2 aliphatic carbocycles. The van der Waals surface area contributed by atoms with Crippen LogP contribution in [-0.2, 0) is 14.3 Å². The molecule has 2 fully saturated rings. The molecule has 3 aromatic heterocycles.